The van der Waals surface area contributed by atoms with Gasteiger partial charge < -0.3 is 24.3 Å². The predicted octanol–water partition coefficient (Wildman–Crippen LogP) is 4.51. The molecule has 3 heterocycles. The van der Waals surface area contributed by atoms with Crippen LogP contribution in [0.3, 0.4) is 0 Å². The van der Waals surface area contributed by atoms with Gasteiger partial charge in [0.15, 0.2) is 5.11 Å². The van der Waals surface area contributed by atoms with Gasteiger partial charge in [-0.2, -0.15) is 0 Å². The zero-order chi connectivity index (χ0) is 22.7. The van der Waals surface area contributed by atoms with Crippen LogP contribution in [0.1, 0.15) is 41.1 Å². The van der Waals surface area contributed by atoms with E-state index in [2.05, 4.69) is 57.9 Å². The number of aromatic nitrogens is 2. The SMILES string of the molecule is COCCCN1C(=S)N[C@H](c2ccccn2)[C@H]1c1cc(C)n(-c2ccc(OC)cc2)c1C. The number of ether oxygens (including phenoxy) is 2. The molecule has 0 unspecified atom stereocenters. The quantitative estimate of drug-likeness (QED) is 0.403. The van der Waals surface area contributed by atoms with Crippen molar-refractivity contribution < 1.29 is 9.47 Å². The third-order valence-electron chi connectivity index (χ3n) is 6.06. The van der Waals surface area contributed by atoms with E-state index in [1.165, 1.54) is 17.0 Å². The minimum Gasteiger partial charge on any atom is -0.497 e. The average molecular weight is 451 g/mol. The van der Waals surface area contributed by atoms with Crippen LogP contribution in [-0.2, 0) is 4.74 Å². The Morgan fingerprint density at radius 2 is 1.88 bits per heavy atom. The molecule has 0 spiro atoms. The summed E-state index contributed by atoms with van der Waals surface area (Å²) < 4.78 is 12.9. The Kier molecular flexibility index (Phi) is 6.77. The number of hydrogen-bond acceptors (Lipinski definition) is 4. The van der Waals surface area contributed by atoms with E-state index in [0.29, 0.717) is 6.61 Å². The van der Waals surface area contributed by atoms with E-state index >= 15 is 0 Å². The molecular weight excluding hydrogens is 420 g/mol. The molecule has 0 radical (unpaired) electrons. The normalized spacial score (nSPS) is 18.1. The molecular formula is C25H30N4O2S. The van der Waals surface area contributed by atoms with Crippen molar-refractivity contribution in [3.63, 3.8) is 0 Å². The number of nitrogens with zero attached hydrogens (tertiary/aromatic N) is 3. The van der Waals surface area contributed by atoms with Crippen molar-refractivity contribution in [3.05, 3.63) is 77.4 Å². The molecule has 32 heavy (non-hydrogen) atoms. The van der Waals surface area contributed by atoms with Crippen LogP contribution in [0.4, 0.5) is 0 Å². The number of nitrogens with one attached hydrogen (secondary N) is 1. The van der Waals surface area contributed by atoms with Crippen molar-refractivity contribution in [2.75, 3.05) is 27.4 Å². The summed E-state index contributed by atoms with van der Waals surface area (Å²) in [6.07, 6.45) is 2.74. The number of thiocarbonyl (C=S) groups is 1. The Morgan fingerprint density at radius 1 is 1.09 bits per heavy atom. The van der Waals surface area contributed by atoms with Crippen molar-refractivity contribution in [1.82, 2.24) is 19.8 Å². The van der Waals surface area contributed by atoms with Crippen LogP contribution < -0.4 is 10.1 Å². The average Bonchev–Trinajstić information content (AvgIpc) is 3.29. The predicted molar refractivity (Wildman–Crippen MR) is 130 cm³/mol. The molecule has 3 aromatic rings. The molecule has 4 rings (SSSR count). The van der Waals surface area contributed by atoms with E-state index in [-0.39, 0.29) is 12.1 Å². The van der Waals surface area contributed by atoms with E-state index < -0.39 is 0 Å². The maximum Gasteiger partial charge on any atom is 0.170 e. The second-order valence-electron chi connectivity index (χ2n) is 8.03. The summed E-state index contributed by atoms with van der Waals surface area (Å²) in [4.78, 5) is 6.93. The second-order valence-corrected chi connectivity index (χ2v) is 8.41. The Bertz CT molecular complexity index is 1070. The van der Waals surface area contributed by atoms with Crippen LogP contribution in [0.15, 0.2) is 54.7 Å². The number of hydrogen-bond donors (Lipinski definition) is 1. The molecule has 168 valence electrons. The fourth-order valence-corrected chi connectivity index (χ4v) is 4.91. The minimum absolute atomic E-state index is 0.0175. The molecule has 1 aliphatic rings. The van der Waals surface area contributed by atoms with Crippen LogP contribution in [0, 0.1) is 13.8 Å². The fourth-order valence-electron chi connectivity index (χ4n) is 4.58. The van der Waals surface area contributed by atoms with Gasteiger partial charge in [0.2, 0.25) is 0 Å². The highest BCUT2D eigenvalue weighted by atomic mass is 32.1. The summed E-state index contributed by atoms with van der Waals surface area (Å²) in [5.41, 5.74) is 5.72. The van der Waals surface area contributed by atoms with Gasteiger partial charge in [-0.15, -0.1) is 0 Å². The molecule has 1 aliphatic heterocycles. The van der Waals surface area contributed by atoms with Crippen molar-refractivity contribution in [1.29, 1.82) is 0 Å². The maximum atomic E-state index is 5.77. The summed E-state index contributed by atoms with van der Waals surface area (Å²) in [5, 5.41) is 4.29. The highest BCUT2D eigenvalue weighted by Crippen LogP contribution is 2.41. The van der Waals surface area contributed by atoms with Gasteiger partial charge in [-0.3, -0.25) is 4.98 Å². The first-order chi connectivity index (χ1) is 15.5. The van der Waals surface area contributed by atoms with E-state index in [9.17, 15) is 0 Å². The topological polar surface area (TPSA) is 51.5 Å². The molecule has 0 bridgehead atoms. The summed E-state index contributed by atoms with van der Waals surface area (Å²) in [6, 6.07) is 16.5. The van der Waals surface area contributed by atoms with Gasteiger partial charge in [-0.05, 0) is 80.5 Å². The number of benzene rings is 1. The van der Waals surface area contributed by atoms with Gasteiger partial charge in [0.05, 0.1) is 24.9 Å². The van der Waals surface area contributed by atoms with Gasteiger partial charge >= 0.3 is 0 Å². The third kappa shape index (κ3) is 4.23. The van der Waals surface area contributed by atoms with Gasteiger partial charge in [-0.25, -0.2) is 0 Å². The van der Waals surface area contributed by atoms with Crippen LogP contribution >= 0.6 is 12.2 Å². The largest absolute Gasteiger partial charge is 0.497 e. The fraction of sp³-hybridized carbons (Fsp3) is 0.360. The summed E-state index contributed by atoms with van der Waals surface area (Å²) >= 11 is 5.77. The summed E-state index contributed by atoms with van der Waals surface area (Å²) in [7, 11) is 3.42. The van der Waals surface area contributed by atoms with Crippen molar-refractivity contribution in [3.8, 4) is 11.4 Å². The second kappa shape index (κ2) is 9.71. The lowest BCUT2D eigenvalue weighted by Gasteiger charge is -2.28. The van der Waals surface area contributed by atoms with Crippen LogP contribution in [0.25, 0.3) is 5.69 Å². The molecule has 1 fully saturated rings. The molecule has 2 aromatic heterocycles. The Labute approximate surface area is 195 Å². The molecule has 7 heteroatoms. The lowest BCUT2D eigenvalue weighted by Crippen LogP contribution is -2.31. The van der Waals surface area contributed by atoms with Gasteiger partial charge in [0.1, 0.15) is 5.75 Å². The first-order valence-electron chi connectivity index (χ1n) is 10.9. The molecule has 2 atom stereocenters. The first-order valence-corrected chi connectivity index (χ1v) is 11.3. The zero-order valence-corrected chi connectivity index (χ0v) is 19.9. The van der Waals surface area contributed by atoms with Crippen LogP contribution in [0.2, 0.25) is 0 Å². The van der Waals surface area contributed by atoms with Crippen LogP contribution in [-0.4, -0.2) is 46.9 Å². The Morgan fingerprint density at radius 3 is 2.53 bits per heavy atom. The maximum absolute atomic E-state index is 5.77. The molecule has 1 aromatic carbocycles. The monoisotopic (exact) mass is 450 g/mol. The van der Waals surface area contributed by atoms with Gasteiger partial charge in [0, 0.05) is 43.5 Å². The smallest absolute Gasteiger partial charge is 0.170 e. The van der Waals surface area contributed by atoms with E-state index in [0.717, 1.165) is 35.2 Å². The summed E-state index contributed by atoms with van der Waals surface area (Å²) in [5.74, 6) is 0.848. The third-order valence-corrected chi connectivity index (χ3v) is 6.42. The standard InChI is InChI=1S/C25H30N4O2S/c1-17-16-21(18(2)29(17)19-9-11-20(31-4)12-10-19)24-23(22-8-5-6-13-26-22)27-25(32)28(24)14-7-15-30-3/h5-6,8-13,16,23-24H,7,14-15H2,1-4H3,(H,27,32)/t23-,24-/m1/s1. The van der Waals surface area contributed by atoms with Crippen LogP contribution in [0.5, 0.6) is 5.75 Å². The van der Waals surface area contributed by atoms with E-state index in [1.807, 2.05) is 30.5 Å². The highest BCUT2D eigenvalue weighted by Gasteiger charge is 2.41. The highest BCUT2D eigenvalue weighted by molar-refractivity contribution is 7.80. The van der Waals surface area contributed by atoms with Crippen molar-refractivity contribution >= 4 is 17.3 Å². The number of aryl methyl sites for hydroxylation is 1. The molecule has 6 nitrogen and oxygen atoms in total. The Hall–Kier alpha value is -2.90. The zero-order valence-electron chi connectivity index (χ0n) is 19.0. The molecule has 0 saturated carbocycles. The van der Waals surface area contributed by atoms with Crippen molar-refractivity contribution in [2.45, 2.75) is 32.4 Å². The van der Waals surface area contributed by atoms with E-state index in [1.54, 1.807) is 14.2 Å². The number of rotatable bonds is 8. The molecule has 0 amide bonds. The lowest BCUT2D eigenvalue weighted by molar-refractivity contribution is 0.180. The van der Waals surface area contributed by atoms with Crippen molar-refractivity contribution in [2.24, 2.45) is 0 Å². The number of pyridine rings is 1. The van der Waals surface area contributed by atoms with Gasteiger partial charge in [0.25, 0.3) is 0 Å². The number of methoxy groups -OCH3 is 2. The first kappa shape index (κ1) is 22.3. The van der Waals surface area contributed by atoms with E-state index in [4.69, 9.17) is 21.7 Å². The molecule has 1 saturated heterocycles. The Balaban J connectivity index is 1.76. The summed E-state index contributed by atoms with van der Waals surface area (Å²) in [6.45, 7) is 5.84. The minimum atomic E-state index is -0.0175. The molecule has 1 N–H and O–H groups in total. The molecule has 0 aliphatic carbocycles. The lowest BCUT2D eigenvalue weighted by atomic mass is 9.96. The van der Waals surface area contributed by atoms with Gasteiger partial charge in [-0.1, -0.05) is 6.07 Å².